The highest BCUT2D eigenvalue weighted by atomic mass is 16.5. The lowest BCUT2D eigenvalue weighted by Gasteiger charge is -2.16. The predicted molar refractivity (Wildman–Crippen MR) is 87.6 cm³/mol. The zero-order valence-corrected chi connectivity index (χ0v) is 13.3. The van der Waals surface area contributed by atoms with Gasteiger partial charge in [0, 0.05) is 12.3 Å². The van der Waals surface area contributed by atoms with Crippen LogP contribution in [-0.2, 0) is 20.7 Å². The Morgan fingerprint density at radius 3 is 2.41 bits per heavy atom. The maximum atomic E-state index is 12.0. The van der Waals surface area contributed by atoms with Gasteiger partial charge in [-0.15, -0.1) is 0 Å². The van der Waals surface area contributed by atoms with Crippen LogP contribution in [0, 0.1) is 11.8 Å². The monoisotopic (exact) mass is 298 g/mol. The normalized spacial score (nSPS) is 12.4. The third-order valence-electron chi connectivity index (χ3n) is 3.97. The standard InChI is InChI=1S/C19H22O3/c1-13(2)18(20)12-16(19(21)22-3)11-15-9-6-8-14-7-4-5-10-17(14)15/h4-10,13,16H,11-12H2,1-3H3. The van der Waals surface area contributed by atoms with Crippen LogP contribution < -0.4 is 0 Å². The van der Waals surface area contributed by atoms with Gasteiger partial charge in [-0.25, -0.2) is 0 Å². The zero-order valence-electron chi connectivity index (χ0n) is 13.3. The lowest BCUT2D eigenvalue weighted by Crippen LogP contribution is -2.24. The quantitative estimate of drug-likeness (QED) is 0.762. The van der Waals surface area contributed by atoms with Crippen LogP contribution in [0.25, 0.3) is 10.8 Å². The minimum atomic E-state index is -0.425. The second-order valence-corrected chi connectivity index (χ2v) is 5.89. The van der Waals surface area contributed by atoms with E-state index in [1.165, 1.54) is 7.11 Å². The minimum absolute atomic E-state index is 0.0697. The molecule has 0 spiro atoms. The van der Waals surface area contributed by atoms with Crippen LogP contribution in [0.15, 0.2) is 42.5 Å². The number of carbonyl (C=O) groups excluding carboxylic acids is 2. The molecule has 2 aromatic carbocycles. The maximum absolute atomic E-state index is 12.0. The Labute approximate surface area is 131 Å². The summed E-state index contributed by atoms with van der Waals surface area (Å²) in [6.07, 6.45) is 0.750. The molecule has 2 rings (SSSR count). The van der Waals surface area contributed by atoms with Crippen molar-refractivity contribution in [1.82, 2.24) is 0 Å². The van der Waals surface area contributed by atoms with E-state index < -0.39 is 5.92 Å². The van der Waals surface area contributed by atoms with Crippen molar-refractivity contribution in [1.29, 1.82) is 0 Å². The maximum Gasteiger partial charge on any atom is 0.309 e. The van der Waals surface area contributed by atoms with Crippen molar-refractivity contribution in [2.45, 2.75) is 26.7 Å². The van der Waals surface area contributed by atoms with Gasteiger partial charge in [0.2, 0.25) is 0 Å². The number of hydrogen-bond acceptors (Lipinski definition) is 3. The summed E-state index contributed by atoms with van der Waals surface area (Å²) < 4.78 is 4.89. The first-order valence-corrected chi connectivity index (χ1v) is 7.60. The Bertz CT molecular complexity index is 668. The van der Waals surface area contributed by atoms with Crippen LogP contribution >= 0.6 is 0 Å². The third-order valence-corrected chi connectivity index (χ3v) is 3.97. The van der Waals surface area contributed by atoms with Gasteiger partial charge in [0.1, 0.15) is 5.78 Å². The van der Waals surface area contributed by atoms with E-state index >= 15 is 0 Å². The van der Waals surface area contributed by atoms with Gasteiger partial charge in [0.15, 0.2) is 0 Å². The molecule has 2 aromatic rings. The number of esters is 1. The number of ether oxygens (including phenoxy) is 1. The molecule has 0 heterocycles. The second-order valence-electron chi connectivity index (χ2n) is 5.89. The van der Waals surface area contributed by atoms with Crippen molar-refractivity contribution in [3.8, 4) is 0 Å². The van der Waals surface area contributed by atoms with E-state index in [0.717, 1.165) is 16.3 Å². The molecule has 0 amide bonds. The Morgan fingerprint density at radius 1 is 1.05 bits per heavy atom. The lowest BCUT2D eigenvalue weighted by atomic mass is 9.89. The van der Waals surface area contributed by atoms with E-state index in [2.05, 4.69) is 0 Å². The van der Waals surface area contributed by atoms with Gasteiger partial charge in [-0.2, -0.15) is 0 Å². The van der Waals surface area contributed by atoms with Gasteiger partial charge in [0.25, 0.3) is 0 Å². The molecule has 0 aromatic heterocycles. The van der Waals surface area contributed by atoms with Crippen LogP contribution in [0.2, 0.25) is 0 Å². The molecule has 1 unspecified atom stereocenters. The van der Waals surface area contributed by atoms with Crippen molar-refractivity contribution in [2.24, 2.45) is 11.8 Å². The number of fused-ring (bicyclic) bond motifs is 1. The zero-order chi connectivity index (χ0) is 16.1. The first-order valence-electron chi connectivity index (χ1n) is 7.60. The Balaban J connectivity index is 2.29. The van der Waals surface area contributed by atoms with Gasteiger partial charge in [-0.05, 0) is 22.8 Å². The van der Waals surface area contributed by atoms with Crippen LogP contribution in [0.3, 0.4) is 0 Å². The summed E-state index contributed by atoms with van der Waals surface area (Å²) in [5.74, 6) is -0.719. The fourth-order valence-corrected chi connectivity index (χ4v) is 2.62. The average molecular weight is 298 g/mol. The van der Waals surface area contributed by atoms with Crippen LogP contribution in [0.5, 0.6) is 0 Å². The summed E-state index contributed by atoms with van der Waals surface area (Å²) >= 11 is 0. The molecule has 0 radical (unpaired) electrons. The fourth-order valence-electron chi connectivity index (χ4n) is 2.62. The summed E-state index contributed by atoms with van der Waals surface area (Å²) in [5.41, 5.74) is 1.07. The summed E-state index contributed by atoms with van der Waals surface area (Å²) in [6.45, 7) is 3.71. The molecule has 1 atom stereocenters. The highest BCUT2D eigenvalue weighted by Crippen LogP contribution is 2.24. The predicted octanol–water partition coefficient (Wildman–Crippen LogP) is 3.79. The fraction of sp³-hybridized carbons (Fsp3) is 0.368. The van der Waals surface area contributed by atoms with E-state index in [9.17, 15) is 9.59 Å². The number of carbonyl (C=O) groups is 2. The van der Waals surface area contributed by atoms with Crippen LogP contribution in [0.4, 0.5) is 0 Å². The van der Waals surface area contributed by atoms with Crippen molar-refractivity contribution < 1.29 is 14.3 Å². The molecular weight excluding hydrogens is 276 g/mol. The molecular formula is C19H22O3. The molecule has 0 bridgehead atoms. The highest BCUT2D eigenvalue weighted by Gasteiger charge is 2.24. The molecule has 0 aliphatic heterocycles. The highest BCUT2D eigenvalue weighted by molar-refractivity contribution is 5.88. The van der Waals surface area contributed by atoms with E-state index in [4.69, 9.17) is 4.74 Å². The molecule has 0 saturated heterocycles. The molecule has 0 fully saturated rings. The first-order chi connectivity index (χ1) is 10.5. The largest absolute Gasteiger partial charge is 0.469 e. The van der Waals surface area contributed by atoms with Crippen molar-refractivity contribution >= 4 is 22.5 Å². The third kappa shape index (κ3) is 3.73. The van der Waals surface area contributed by atoms with Gasteiger partial charge in [-0.1, -0.05) is 56.3 Å². The summed E-state index contributed by atoms with van der Waals surface area (Å²) in [7, 11) is 1.37. The Hall–Kier alpha value is -2.16. The van der Waals surface area contributed by atoms with E-state index in [-0.39, 0.29) is 24.1 Å². The molecule has 116 valence electrons. The molecule has 22 heavy (non-hydrogen) atoms. The van der Waals surface area contributed by atoms with Crippen molar-refractivity contribution in [3.05, 3.63) is 48.0 Å². The Kier molecular flexibility index (Phi) is 5.31. The smallest absolute Gasteiger partial charge is 0.309 e. The van der Waals surface area contributed by atoms with Gasteiger partial charge >= 0.3 is 5.97 Å². The minimum Gasteiger partial charge on any atom is -0.469 e. The Morgan fingerprint density at radius 2 is 1.73 bits per heavy atom. The molecule has 0 aliphatic rings. The molecule has 3 nitrogen and oxygen atoms in total. The van der Waals surface area contributed by atoms with Gasteiger partial charge in [0.05, 0.1) is 13.0 Å². The second kappa shape index (κ2) is 7.21. The van der Waals surface area contributed by atoms with Gasteiger partial charge in [-0.3, -0.25) is 9.59 Å². The summed E-state index contributed by atoms with van der Waals surface area (Å²) in [4.78, 5) is 24.1. The van der Waals surface area contributed by atoms with Gasteiger partial charge < -0.3 is 4.74 Å². The number of rotatable bonds is 6. The molecule has 0 saturated carbocycles. The number of hydrogen-bond donors (Lipinski definition) is 0. The first kappa shape index (κ1) is 16.2. The summed E-state index contributed by atoms with van der Waals surface area (Å²) in [6, 6.07) is 14.1. The van der Waals surface area contributed by atoms with Crippen molar-refractivity contribution in [3.63, 3.8) is 0 Å². The van der Waals surface area contributed by atoms with Crippen LogP contribution in [-0.4, -0.2) is 18.9 Å². The average Bonchev–Trinajstić information content (AvgIpc) is 2.53. The number of benzene rings is 2. The van der Waals surface area contributed by atoms with Crippen molar-refractivity contribution in [2.75, 3.05) is 7.11 Å². The SMILES string of the molecule is COC(=O)C(CC(=O)C(C)C)Cc1cccc2ccccc12. The lowest BCUT2D eigenvalue weighted by molar-refractivity contribution is -0.147. The topological polar surface area (TPSA) is 43.4 Å². The molecule has 0 N–H and O–H groups in total. The molecule has 3 heteroatoms. The number of Topliss-reactive ketones (excluding diaryl/α,β-unsaturated/α-hetero) is 1. The number of methoxy groups -OCH3 is 1. The van der Waals surface area contributed by atoms with Crippen LogP contribution in [0.1, 0.15) is 25.8 Å². The van der Waals surface area contributed by atoms with E-state index in [1.807, 2.05) is 56.3 Å². The van der Waals surface area contributed by atoms with E-state index in [0.29, 0.717) is 6.42 Å². The number of ketones is 1. The van der Waals surface area contributed by atoms with E-state index in [1.54, 1.807) is 0 Å². The summed E-state index contributed by atoms with van der Waals surface area (Å²) in [5, 5.41) is 2.26. The molecule has 0 aliphatic carbocycles.